The molecular weight excluding hydrogens is 212 g/mol. The van der Waals surface area contributed by atoms with E-state index in [0.29, 0.717) is 5.75 Å². The Kier molecular flexibility index (Phi) is 4.26. The van der Waals surface area contributed by atoms with Crippen LogP contribution in [0.3, 0.4) is 0 Å². The maximum absolute atomic E-state index is 9.73. The van der Waals surface area contributed by atoms with E-state index < -0.39 is 12.1 Å². The summed E-state index contributed by atoms with van der Waals surface area (Å²) >= 11 is 0. The quantitative estimate of drug-likeness (QED) is 0.627. The van der Waals surface area contributed by atoms with E-state index in [1.807, 2.05) is 0 Å². The van der Waals surface area contributed by atoms with Gasteiger partial charge >= 0.3 is 0 Å². The Morgan fingerprint density at radius 2 is 1.75 bits per heavy atom. The lowest BCUT2D eigenvalue weighted by molar-refractivity contribution is -0.221. The first-order valence-electron chi connectivity index (χ1n) is 4.79. The molecule has 0 fully saturated rings. The van der Waals surface area contributed by atoms with E-state index in [1.165, 1.54) is 26.4 Å². The van der Waals surface area contributed by atoms with Gasteiger partial charge in [0.2, 0.25) is 0 Å². The lowest BCUT2D eigenvalue weighted by Gasteiger charge is -2.24. The van der Waals surface area contributed by atoms with E-state index >= 15 is 0 Å². The van der Waals surface area contributed by atoms with Crippen molar-refractivity contribution in [2.24, 2.45) is 0 Å². The highest BCUT2D eigenvalue weighted by atomic mass is 16.6. The summed E-state index contributed by atoms with van der Waals surface area (Å²) in [5, 5.41) is 28.6. The molecule has 0 aromatic heterocycles. The van der Waals surface area contributed by atoms with Crippen LogP contribution in [0.4, 0.5) is 0 Å². The fourth-order valence-corrected chi connectivity index (χ4v) is 1.30. The summed E-state index contributed by atoms with van der Waals surface area (Å²) in [5.41, 5.74) is 0.268. The van der Waals surface area contributed by atoms with Crippen LogP contribution in [0.2, 0.25) is 0 Å². The fourth-order valence-electron chi connectivity index (χ4n) is 1.30. The van der Waals surface area contributed by atoms with Gasteiger partial charge in [0.15, 0.2) is 12.1 Å². The molecule has 3 N–H and O–H groups in total. The van der Waals surface area contributed by atoms with E-state index in [1.54, 1.807) is 12.1 Å². The molecule has 0 bridgehead atoms. The zero-order valence-corrected chi connectivity index (χ0v) is 9.25. The smallest absolute Gasteiger partial charge is 0.194 e. The van der Waals surface area contributed by atoms with Crippen molar-refractivity contribution >= 4 is 0 Å². The van der Waals surface area contributed by atoms with Gasteiger partial charge in [-0.05, 0) is 24.3 Å². The fraction of sp³-hybridized carbons (Fsp3) is 0.455. The summed E-state index contributed by atoms with van der Waals surface area (Å²) < 4.78 is 9.51. The summed E-state index contributed by atoms with van der Waals surface area (Å²) in [6.45, 7) is 0. The van der Waals surface area contributed by atoms with Crippen LogP contribution in [0.25, 0.3) is 0 Å². The summed E-state index contributed by atoms with van der Waals surface area (Å²) in [7, 11) is 2.81. The van der Waals surface area contributed by atoms with Crippen LogP contribution in [-0.4, -0.2) is 35.8 Å². The number of hydrogen-bond acceptors (Lipinski definition) is 5. The second-order valence-electron chi connectivity index (χ2n) is 3.44. The number of hydrogen-bond donors (Lipinski definition) is 3. The third-order valence-electron chi connectivity index (χ3n) is 2.28. The van der Waals surface area contributed by atoms with Crippen LogP contribution in [0.1, 0.15) is 12.0 Å². The normalized spacial score (nSPS) is 13.6. The summed E-state index contributed by atoms with van der Waals surface area (Å²) in [4.78, 5) is 0. The predicted molar refractivity (Wildman–Crippen MR) is 56.7 cm³/mol. The van der Waals surface area contributed by atoms with Crippen molar-refractivity contribution in [3.8, 4) is 5.75 Å². The van der Waals surface area contributed by atoms with Gasteiger partial charge < -0.3 is 24.8 Å². The maximum Gasteiger partial charge on any atom is 0.194 e. The molecular formula is C11H16O5. The van der Waals surface area contributed by atoms with Crippen molar-refractivity contribution < 1.29 is 24.8 Å². The van der Waals surface area contributed by atoms with Crippen LogP contribution < -0.4 is 4.74 Å². The van der Waals surface area contributed by atoms with Crippen molar-refractivity contribution in [2.75, 3.05) is 14.2 Å². The number of rotatable bonds is 5. The van der Waals surface area contributed by atoms with Crippen molar-refractivity contribution in [2.45, 2.75) is 18.5 Å². The zero-order chi connectivity index (χ0) is 12.2. The predicted octanol–water partition coefficient (Wildman–Crippen LogP) is 0.187. The minimum Gasteiger partial charge on any atom is -0.497 e. The van der Waals surface area contributed by atoms with Gasteiger partial charge in [-0.2, -0.15) is 0 Å². The average molecular weight is 228 g/mol. The SMILES string of the molecule is COc1ccc(C(O)(O)CC(O)OC)cc1. The van der Waals surface area contributed by atoms with Gasteiger partial charge in [0.25, 0.3) is 0 Å². The van der Waals surface area contributed by atoms with E-state index in [9.17, 15) is 15.3 Å². The van der Waals surface area contributed by atoms with E-state index in [-0.39, 0.29) is 12.0 Å². The van der Waals surface area contributed by atoms with Gasteiger partial charge in [0.05, 0.1) is 13.5 Å². The largest absolute Gasteiger partial charge is 0.497 e. The van der Waals surface area contributed by atoms with Crippen LogP contribution in [0.15, 0.2) is 24.3 Å². The van der Waals surface area contributed by atoms with Crippen molar-refractivity contribution in [3.05, 3.63) is 29.8 Å². The molecule has 1 aromatic carbocycles. The molecule has 0 spiro atoms. The van der Waals surface area contributed by atoms with Crippen LogP contribution in [0.5, 0.6) is 5.75 Å². The first kappa shape index (κ1) is 12.9. The Hall–Kier alpha value is -1.14. The van der Waals surface area contributed by atoms with Gasteiger partial charge in [-0.25, -0.2) is 0 Å². The molecule has 0 amide bonds. The van der Waals surface area contributed by atoms with Crippen molar-refractivity contribution in [1.29, 1.82) is 0 Å². The Balaban J connectivity index is 2.80. The molecule has 0 saturated heterocycles. The first-order valence-corrected chi connectivity index (χ1v) is 4.79. The minimum atomic E-state index is -2.12. The number of ether oxygens (including phenoxy) is 2. The van der Waals surface area contributed by atoms with Gasteiger partial charge in [-0.3, -0.25) is 0 Å². The summed E-state index contributed by atoms with van der Waals surface area (Å²) in [5.74, 6) is -1.51. The molecule has 0 aliphatic heterocycles. The molecule has 5 nitrogen and oxygen atoms in total. The van der Waals surface area contributed by atoms with Gasteiger partial charge in [-0.1, -0.05) is 0 Å². The highest BCUT2D eigenvalue weighted by molar-refractivity contribution is 5.29. The molecule has 90 valence electrons. The van der Waals surface area contributed by atoms with Gasteiger partial charge in [-0.15, -0.1) is 0 Å². The second-order valence-corrected chi connectivity index (χ2v) is 3.44. The van der Waals surface area contributed by atoms with Gasteiger partial charge in [0, 0.05) is 12.7 Å². The maximum atomic E-state index is 9.73. The second kappa shape index (κ2) is 5.27. The van der Waals surface area contributed by atoms with E-state index in [2.05, 4.69) is 4.74 Å². The zero-order valence-electron chi connectivity index (χ0n) is 9.25. The van der Waals surface area contributed by atoms with Crippen molar-refractivity contribution in [3.63, 3.8) is 0 Å². The van der Waals surface area contributed by atoms with E-state index in [4.69, 9.17) is 4.74 Å². The third-order valence-corrected chi connectivity index (χ3v) is 2.28. The minimum absolute atomic E-state index is 0.268. The van der Waals surface area contributed by atoms with Crippen molar-refractivity contribution in [1.82, 2.24) is 0 Å². The van der Waals surface area contributed by atoms with Crippen LogP contribution in [-0.2, 0) is 10.5 Å². The van der Waals surface area contributed by atoms with Gasteiger partial charge in [0.1, 0.15) is 5.75 Å². The lowest BCUT2D eigenvalue weighted by Crippen LogP contribution is -2.31. The van der Waals surface area contributed by atoms with Crippen LogP contribution in [0, 0.1) is 0 Å². The Labute approximate surface area is 93.9 Å². The number of aliphatic hydroxyl groups excluding tert-OH is 1. The molecule has 0 aliphatic rings. The molecule has 0 heterocycles. The Bertz CT molecular complexity index is 320. The number of benzene rings is 1. The molecule has 0 radical (unpaired) electrons. The van der Waals surface area contributed by atoms with Crippen LogP contribution >= 0.6 is 0 Å². The molecule has 5 heteroatoms. The summed E-state index contributed by atoms with van der Waals surface area (Å²) in [6, 6.07) is 6.24. The molecule has 16 heavy (non-hydrogen) atoms. The summed E-state index contributed by atoms with van der Waals surface area (Å²) in [6.07, 6.45) is -1.55. The molecule has 1 aromatic rings. The number of methoxy groups -OCH3 is 2. The standard InChI is InChI=1S/C11H16O5/c1-15-9-5-3-8(4-6-9)11(13,14)7-10(12)16-2/h3-6,10,12-14H,7H2,1-2H3. The average Bonchev–Trinajstić information content (AvgIpc) is 2.28. The first-order chi connectivity index (χ1) is 7.49. The Morgan fingerprint density at radius 3 is 2.19 bits per heavy atom. The molecule has 0 aliphatic carbocycles. The highest BCUT2D eigenvalue weighted by Gasteiger charge is 2.29. The molecule has 1 unspecified atom stereocenters. The highest BCUT2D eigenvalue weighted by Crippen LogP contribution is 2.25. The molecule has 1 rings (SSSR count). The topological polar surface area (TPSA) is 79.2 Å². The third kappa shape index (κ3) is 3.18. The van der Waals surface area contributed by atoms with E-state index in [0.717, 1.165) is 0 Å². The molecule has 1 atom stereocenters. The molecule has 0 saturated carbocycles. The lowest BCUT2D eigenvalue weighted by atomic mass is 10.0. The monoisotopic (exact) mass is 228 g/mol. The Morgan fingerprint density at radius 1 is 1.19 bits per heavy atom. The number of aliphatic hydroxyl groups is 3.